The molecule has 3 N–H and O–H groups in total. The van der Waals surface area contributed by atoms with E-state index in [0.717, 1.165) is 6.33 Å². The van der Waals surface area contributed by atoms with Gasteiger partial charge in [-0.25, -0.2) is 14.8 Å². The Kier molecular flexibility index (Phi) is 3.24. The molecule has 0 saturated heterocycles. The fourth-order valence-electron chi connectivity index (χ4n) is 1.27. The molecule has 18 heavy (non-hydrogen) atoms. The quantitative estimate of drug-likeness (QED) is 0.728. The smallest absolute Gasteiger partial charge is 0.354 e. The van der Waals surface area contributed by atoms with Crippen molar-refractivity contribution in [1.82, 2.24) is 15.0 Å². The van der Waals surface area contributed by atoms with Gasteiger partial charge in [-0.05, 0) is 12.1 Å². The van der Waals surface area contributed by atoms with Gasteiger partial charge in [0.2, 0.25) is 0 Å². The lowest BCUT2D eigenvalue weighted by Crippen LogP contribution is -2.16. The van der Waals surface area contributed by atoms with Crippen LogP contribution in [-0.4, -0.2) is 31.9 Å². The molecule has 2 aromatic heterocycles. The molecule has 0 unspecified atom stereocenters. The van der Waals surface area contributed by atoms with E-state index in [1.165, 1.54) is 12.3 Å². The summed E-state index contributed by atoms with van der Waals surface area (Å²) in [6, 6.07) is 3.04. The van der Waals surface area contributed by atoms with Gasteiger partial charge in [0.25, 0.3) is 5.91 Å². The number of H-pyrrole nitrogens is 1. The number of nitrogens with one attached hydrogen (secondary N) is 2. The molecule has 1 amide bonds. The van der Waals surface area contributed by atoms with Crippen LogP contribution in [0.5, 0.6) is 0 Å². The highest BCUT2D eigenvalue weighted by molar-refractivity contribution is 6.29. The third-order valence-corrected chi connectivity index (χ3v) is 2.28. The number of pyridine rings is 1. The number of anilines is 1. The summed E-state index contributed by atoms with van der Waals surface area (Å²) >= 11 is 5.60. The number of rotatable bonds is 3. The molecular weight excluding hydrogens is 260 g/mol. The Morgan fingerprint density at radius 1 is 1.33 bits per heavy atom. The molecule has 0 bridgehead atoms. The number of aromatic carboxylic acids is 1. The summed E-state index contributed by atoms with van der Waals surface area (Å²) in [4.78, 5) is 32.4. The summed E-state index contributed by atoms with van der Waals surface area (Å²) in [6.07, 6.45) is 2.49. The molecule has 0 fully saturated rings. The molecule has 0 aliphatic rings. The lowest BCUT2D eigenvalue weighted by atomic mass is 10.3. The number of hydrogen-bond acceptors (Lipinski definition) is 4. The molecule has 92 valence electrons. The van der Waals surface area contributed by atoms with Crippen LogP contribution in [0.1, 0.15) is 21.0 Å². The SMILES string of the molecule is O=C(Nc1ccc(Cl)nc1)c1nc[nH]c1C(=O)O. The molecule has 2 rings (SSSR count). The lowest BCUT2D eigenvalue weighted by Gasteiger charge is -2.03. The van der Waals surface area contributed by atoms with Gasteiger partial charge < -0.3 is 15.4 Å². The van der Waals surface area contributed by atoms with Gasteiger partial charge in [0, 0.05) is 0 Å². The second-order valence-electron chi connectivity index (χ2n) is 3.26. The summed E-state index contributed by atoms with van der Waals surface area (Å²) in [5, 5.41) is 11.6. The van der Waals surface area contributed by atoms with Gasteiger partial charge in [-0.2, -0.15) is 0 Å². The van der Waals surface area contributed by atoms with Crippen LogP contribution in [0, 0.1) is 0 Å². The maximum absolute atomic E-state index is 11.8. The van der Waals surface area contributed by atoms with Crippen LogP contribution in [0.4, 0.5) is 5.69 Å². The zero-order chi connectivity index (χ0) is 13.1. The van der Waals surface area contributed by atoms with Crippen molar-refractivity contribution >= 4 is 29.2 Å². The Morgan fingerprint density at radius 2 is 2.11 bits per heavy atom. The molecule has 2 heterocycles. The van der Waals surface area contributed by atoms with E-state index < -0.39 is 11.9 Å². The highest BCUT2D eigenvalue weighted by Crippen LogP contribution is 2.12. The maximum Gasteiger partial charge on any atom is 0.354 e. The molecule has 0 spiro atoms. The number of amides is 1. The summed E-state index contributed by atoms with van der Waals surface area (Å²) in [6.45, 7) is 0. The Bertz CT molecular complexity index is 593. The minimum absolute atomic E-state index is 0.197. The highest BCUT2D eigenvalue weighted by Gasteiger charge is 2.19. The number of aromatic amines is 1. The Hall–Kier alpha value is -2.41. The van der Waals surface area contributed by atoms with E-state index in [4.69, 9.17) is 16.7 Å². The van der Waals surface area contributed by atoms with Crippen molar-refractivity contribution in [2.24, 2.45) is 0 Å². The number of hydrogen-bond donors (Lipinski definition) is 3. The van der Waals surface area contributed by atoms with Crippen LogP contribution in [0.15, 0.2) is 24.7 Å². The number of carbonyl (C=O) groups excluding carboxylic acids is 1. The first kappa shape index (κ1) is 12.1. The van der Waals surface area contributed by atoms with Crippen molar-refractivity contribution in [2.45, 2.75) is 0 Å². The van der Waals surface area contributed by atoms with Crippen molar-refractivity contribution in [3.63, 3.8) is 0 Å². The van der Waals surface area contributed by atoms with Crippen molar-refractivity contribution in [1.29, 1.82) is 0 Å². The Balaban J connectivity index is 2.19. The van der Waals surface area contributed by atoms with Crippen LogP contribution in [0.2, 0.25) is 5.15 Å². The first-order chi connectivity index (χ1) is 8.58. The van der Waals surface area contributed by atoms with E-state index in [0.29, 0.717) is 10.8 Å². The minimum Gasteiger partial charge on any atom is -0.477 e. The second kappa shape index (κ2) is 4.84. The van der Waals surface area contributed by atoms with E-state index in [2.05, 4.69) is 20.3 Å². The lowest BCUT2D eigenvalue weighted by molar-refractivity contribution is 0.0686. The largest absolute Gasteiger partial charge is 0.477 e. The predicted octanol–water partition coefficient (Wildman–Crippen LogP) is 1.41. The Labute approximate surface area is 106 Å². The molecule has 0 radical (unpaired) electrons. The van der Waals surface area contributed by atoms with Crippen LogP contribution in [0.3, 0.4) is 0 Å². The zero-order valence-electron chi connectivity index (χ0n) is 8.85. The monoisotopic (exact) mass is 266 g/mol. The number of carboxylic acids is 1. The van der Waals surface area contributed by atoms with E-state index in [9.17, 15) is 9.59 Å². The number of aromatic nitrogens is 3. The molecule has 0 aliphatic carbocycles. The third kappa shape index (κ3) is 2.46. The van der Waals surface area contributed by atoms with Crippen molar-refractivity contribution in [3.8, 4) is 0 Å². The van der Waals surface area contributed by atoms with Crippen LogP contribution in [-0.2, 0) is 0 Å². The zero-order valence-corrected chi connectivity index (χ0v) is 9.60. The normalized spacial score (nSPS) is 10.1. The third-order valence-electron chi connectivity index (χ3n) is 2.05. The average molecular weight is 267 g/mol. The van der Waals surface area contributed by atoms with Crippen LogP contribution < -0.4 is 5.32 Å². The van der Waals surface area contributed by atoms with Gasteiger partial charge >= 0.3 is 5.97 Å². The number of nitrogens with zero attached hydrogens (tertiary/aromatic N) is 2. The first-order valence-electron chi connectivity index (χ1n) is 4.77. The van der Waals surface area contributed by atoms with Crippen molar-refractivity contribution in [2.75, 3.05) is 5.32 Å². The molecule has 0 aliphatic heterocycles. The minimum atomic E-state index is -1.26. The molecule has 2 aromatic rings. The molecule has 7 nitrogen and oxygen atoms in total. The Morgan fingerprint density at radius 3 is 2.72 bits per heavy atom. The number of carboxylic acid groups (broad SMARTS) is 1. The molecule has 0 saturated carbocycles. The highest BCUT2D eigenvalue weighted by atomic mass is 35.5. The molecular formula is C10H7ClN4O3. The fourth-order valence-corrected chi connectivity index (χ4v) is 1.38. The van der Waals surface area contributed by atoms with E-state index in [1.54, 1.807) is 6.07 Å². The fraction of sp³-hybridized carbons (Fsp3) is 0. The molecule has 0 atom stereocenters. The first-order valence-corrected chi connectivity index (χ1v) is 5.15. The van der Waals surface area contributed by atoms with Crippen LogP contribution in [0.25, 0.3) is 0 Å². The van der Waals surface area contributed by atoms with Crippen LogP contribution >= 0.6 is 11.6 Å². The van der Waals surface area contributed by atoms with Gasteiger partial charge in [-0.15, -0.1) is 0 Å². The second-order valence-corrected chi connectivity index (χ2v) is 3.64. The number of halogens is 1. The number of imidazole rings is 1. The predicted molar refractivity (Wildman–Crippen MR) is 62.7 cm³/mol. The van der Waals surface area contributed by atoms with Gasteiger partial charge in [0.1, 0.15) is 5.15 Å². The van der Waals surface area contributed by atoms with Gasteiger partial charge in [0.15, 0.2) is 11.4 Å². The van der Waals surface area contributed by atoms with Gasteiger partial charge in [-0.3, -0.25) is 4.79 Å². The van der Waals surface area contributed by atoms with Crippen molar-refractivity contribution < 1.29 is 14.7 Å². The van der Waals surface area contributed by atoms with E-state index in [1.807, 2.05) is 0 Å². The summed E-state index contributed by atoms with van der Waals surface area (Å²) < 4.78 is 0. The van der Waals surface area contributed by atoms with Crippen molar-refractivity contribution in [3.05, 3.63) is 41.2 Å². The van der Waals surface area contributed by atoms with E-state index >= 15 is 0 Å². The summed E-state index contributed by atoms with van der Waals surface area (Å²) in [5.74, 6) is -1.90. The molecule has 8 heteroatoms. The van der Waals surface area contributed by atoms with Gasteiger partial charge in [-0.1, -0.05) is 11.6 Å². The maximum atomic E-state index is 11.8. The number of carbonyl (C=O) groups is 2. The standard InChI is InChI=1S/C10H7ClN4O3/c11-6-2-1-5(3-12-6)15-9(16)7-8(10(17)18)14-4-13-7/h1-4H,(H,13,14)(H,15,16)(H,17,18). The average Bonchev–Trinajstić information content (AvgIpc) is 2.81. The van der Waals surface area contributed by atoms with E-state index in [-0.39, 0.29) is 11.4 Å². The molecule has 0 aromatic carbocycles. The summed E-state index contributed by atoms with van der Waals surface area (Å²) in [5.41, 5.74) is -0.0735. The summed E-state index contributed by atoms with van der Waals surface area (Å²) in [7, 11) is 0. The van der Waals surface area contributed by atoms with Gasteiger partial charge in [0.05, 0.1) is 18.2 Å². The topological polar surface area (TPSA) is 108 Å².